The molecule has 0 heterocycles. The second kappa shape index (κ2) is 3.50. The number of fused-ring (bicyclic) bond motifs is 2. The molecule has 0 aromatic rings. The van der Waals surface area contributed by atoms with E-state index in [2.05, 4.69) is 4.99 Å². The van der Waals surface area contributed by atoms with Crippen molar-refractivity contribution in [1.29, 1.82) is 0 Å². The predicted octanol–water partition coefficient (Wildman–Crippen LogP) is 3.20. The van der Waals surface area contributed by atoms with E-state index in [0.29, 0.717) is 12.8 Å². The maximum absolute atomic E-state index is 13.4. The Morgan fingerprint density at radius 1 is 1.33 bits per heavy atom. The minimum atomic E-state index is -4.66. The van der Waals surface area contributed by atoms with Crippen molar-refractivity contribution in [2.24, 2.45) is 21.7 Å². The standard InChI is InChI=1S/C13H20F3NO/c1-5-17-9-8-6-7-11(4,10(8,2)3)12(9,18)13(14,15)16/h8,18H,5-7H2,1-4H3/t8-,11-,12-/m1/s1. The number of aliphatic imine (C=N–C) groups is 1. The Bertz CT molecular complexity index is 402. The van der Waals surface area contributed by atoms with Gasteiger partial charge in [0.1, 0.15) is 0 Å². The van der Waals surface area contributed by atoms with E-state index in [1.165, 1.54) is 0 Å². The van der Waals surface area contributed by atoms with E-state index in [-0.39, 0.29) is 18.2 Å². The summed E-state index contributed by atoms with van der Waals surface area (Å²) in [5, 5.41) is 10.4. The number of halogens is 3. The van der Waals surface area contributed by atoms with Gasteiger partial charge < -0.3 is 5.11 Å². The van der Waals surface area contributed by atoms with E-state index < -0.39 is 22.6 Å². The van der Waals surface area contributed by atoms with E-state index in [4.69, 9.17) is 0 Å². The fourth-order valence-corrected chi connectivity index (χ4v) is 4.01. The van der Waals surface area contributed by atoms with Crippen LogP contribution in [0.15, 0.2) is 4.99 Å². The lowest BCUT2D eigenvalue weighted by Crippen LogP contribution is -2.61. The van der Waals surface area contributed by atoms with Gasteiger partial charge in [-0.15, -0.1) is 0 Å². The molecule has 0 unspecified atom stereocenters. The summed E-state index contributed by atoms with van der Waals surface area (Å²) in [6, 6.07) is 0. The van der Waals surface area contributed by atoms with Crippen LogP contribution in [-0.4, -0.2) is 29.1 Å². The van der Waals surface area contributed by atoms with Crippen LogP contribution in [-0.2, 0) is 0 Å². The van der Waals surface area contributed by atoms with Gasteiger partial charge in [0, 0.05) is 17.9 Å². The largest absolute Gasteiger partial charge is 0.423 e. The molecule has 3 atom stereocenters. The molecule has 0 aromatic heterocycles. The maximum atomic E-state index is 13.4. The van der Waals surface area contributed by atoms with Gasteiger partial charge in [0.2, 0.25) is 5.60 Å². The summed E-state index contributed by atoms with van der Waals surface area (Å²) in [5.74, 6) is -0.269. The lowest BCUT2D eigenvalue weighted by atomic mass is 9.64. The van der Waals surface area contributed by atoms with Gasteiger partial charge in [-0.1, -0.05) is 20.8 Å². The molecule has 2 aliphatic carbocycles. The summed E-state index contributed by atoms with van der Waals surface area (Å²) >= 11 is 0. The van der Waals surface area contributed by atoms with Gasteiger partial charge in [0.25, 0.3) is 0 Å². The number of alkyl halides is 3. The molecule has 104 valence electrons. The molecule has 0 amide bonds. The highest BCUT2D eigenvalue weighted by atomic mass is 19.4. The molecule has 0 spiro atoms. The zero-order valence-corrected chi connectivity index (χ0v) is 11.2. The highest BCUT2D eigenvalue weighted by Crippen LogP contribution is 2.71. The zero-order chi connectivity index (χ0) is 14.0. The van der Waals surface area contributed by atoms with Crippen molar-refractivity contribution in [3.63, 3.8) is 0 Å². The topological polar surface area (TPSA) is 32.6 Å². The van der Waals surface area contributed by atoms with Crippen molar-refractivity contribution in [3.05, 3.63) is 0 Å². The van der Waals surface area contributed by atoms with Crippen LogP contribution in [0.4, 0.5) is 13.2 Å². The Balaban J connectivity index is 2.68. The molecule has 5 heteroatoms. The van der Waals surface area contributed by atoms with Crippen molar-refractivity contribution in [1.82, 2.24) is 0 Å². The van der Waals surface area contributed by atoms with Crippen molar-refractivity contribution < 1.29 is 18.3 Å². The summed E-state index contributed by atoms with van der Waals surface area (Å²) in [4.78, 5) is 4.01. The minimum absolute atomic E-state index is 0.0451. The first-order valence-electron chi connectivity index (χ1n) is 6.38. The monoisotopic (exact) mass is 263 g/mol. The van der Waals surface area contributed by atoms with Crippen LogP contribution >= 0.6 is 0 Å². The lowest BCUT2D eigenvalue weighted by Gasteiger charge is -2.45. The summed E-state index contributed by atoms with van der Waals surface area (Å²) in [7, 11) is 0. The summed E-state index contributed by atoms with van der Waals surface area (Å²) in [5.41, 5.74) is -4.57. The zero-order valence-electron chi connectivity index (χ0n) is 11.2. The highest BCUT2D eigenvalue weighted by molar-refractivity contribution is 6.00. The Kier molecular flexibility index (Phi) is 2.69. The quantitative estimate of drug-likeness (QED) is 0.774. The van der Waals surface area contributed by atoms with E-state index in [9.17, 15) is 18.3 Å². The second-order valence-corrected chi connectivity index (χ2v) is 6.21. The second-order valence-electron chi connectivity index (χ2n) is 6.21. The third-order valence-corrected chi connectivity index (χ3v) is 5.46. The van der Waals surface area contributed by atoms with Gasteiger partial charge in [0.05, 0.1) is 5.71 Å². The normalized spacial score (nSPS) is 44.9. The fourth-order valence-electron chi connectivity index (χ4n) is 4.01. The van der Waals surface area contributed by atoms with Crippen LogP contribution < -0.4 is 0 Å². The highest BCUT2D eigenvalue weighted by Gasteiger charge is 2.80. The third kappa shape index (κ3) is 1.21. The van der Waals surface area contributed by atoms with Gasteiger partial charge in [-0.25, -0.2) is 0 Å². The SMILES string of the molecule is CCN=C1[C@H]2CC[C@](C)(C2(C)C)[C@@]1(O)C(F)(F)F. The first-order valence-corrected chi connectivity index (χ1v) is 6.38. The molecule has 1 N–H and O–H groups in total. The molecule has 2 fully saturated rings. The average Bonchev–Trinajstić information content (AvgIpc) is 2.51. The van der Waals surface area contributed by atoms with Gasteiger partial charge in [-0.3, -0.25) is 4.99 Å². The molecule has 2 saturated carbocycles. The molecule has 0 aromatic carbocycles. The van der Waals surface area contributed by atoms with Gasteiger partial charge in [-0.2, -0.15) is 13.2 Å². The fraction of sp³-hybridized carbons (Fsp3) is 0.923. The first-order chi connectivity index (χ1) is 8.04. The van der Waals surface area contributed by atoms with Crippen LogP contribution in [0.2, 0.25) is 0 Å². The summed E-state index contributed by atoms with van der Waals surface area (Å²) in [6.07, 6.45) is -3.59. The molecule has 0 saturated heterocycles. The third-order valence-electron chi connectivity index (χ3n) is 5.46. The smallest absolute Gasteiger partial charge is 0.375 e. The Labute approximate surface area is 105 Å². The number of aliphatic hydroxyl groups is 1. The summed E-state index contributed by atoms with van der Waals surface area (Å²) in [6.45, 7) is 7.17. The number of rotatable bonds is 1. The maximum Gasteiger partial charge on any atom is 0.423 e. The Morgan fingerprint density at radius 3 is 2.33 bits per heavy atom. The van der Waals surface area contributed by atoms with E-state index in [1.54, 1.807) is 13.8 Å². The Hall–Kier alpha value is -0.580. The van der Waals surface area contributed by atoms with Crippen molar-refractivity contribution in [2.45, 2.75) is 52.3 Å². The van der Waals surface area contributed by atoms with Crippen LogP contribution in [0, 0.1) is 16.7 Å². The van der Waals surface area contributed by atoms with E-state index >= 15 is 0 Å². The van der Waals surface area contributed by atoms with E-state index in [0.717, 1.165) is 0 Å². The average molecular weight is 263 g/mol. The van der Waals surface area contributed by atoms with Crippen molar-refractivity contribution in [2.75, 3.05) is 6.54 Å². The molecular weight excluding hydrogens is 243 g/mol. The Morgan fingerprint density at radius 2 is 1.89 bits per heavy atom. The molecule has 0 aliphatic heterocycles. The molecule has 18 heavy (non-hydrogen) atoms. The summed E-state index contributed by atoms with van der Waals surface area (Å²) < 4.78 is 40.3. The van der Waals surface area contributed by atoms with E-state index in [1.807, 2.05) is 13.8 Å². The predicted molar refractivity (Wildman–Crippen MR) is 63.6 cm³/mol. The lowest BCUT2D eigenvalue weighted by molar-refractivity contribution is -0.273. The minimum Gasteiger partial charge on any atom is -0.375 e. The molecule has 2 bridgehead atoms. The molecule has 2 nitrogen and oxygen atoms in total. The molecule has 2 aliphatic rings. The molecular formula is C13H20F3NO. The van der Waals surface area contributed by atoms with Gasteiger partial charge >= 0.3 is 6.18 Å². The van der Waals surface area contributed by atoms with Gasteiger partial charge in [0.15, 0.2) is 0 Å². The van der Waals surface area contributed by atoms with Crippen LogP contribution in [0.3, 0.4) is 0 Å². The number of hydrogen-bond donors (Lipinski definition) is 1. The van der Waals surface area contributed by atoms with Crippen LogP contribution in [0.25, 0.3) is 0 Å². The molecule has 2 rings (SSSR count). The van der Waals surface area contributed by atoms with Crippen molar-refractivity contribution >= 4 is 5.71 Å². The number of hydrogen-bond acceptors (Lipinski definition) is 2. The molecule has 0 radical (unpaired) electrons. The van der Waals surface area contributed by atoms with Crippen LogP contribution in [0.1, 0.15) is 40.5 Å². The van der Waals surface area contributed by atoms with Crippen molar-refractivity contribution in [3.8, 4) is 0 Å². The van der Waals surface area contributed by atoms with Gasteiger partial charge in [-0.05, 0) is 25.2 Å². The number of nitrogens with zero attached hydrogens (tertiary/aromatic N) is 1. The first kappa shape index (κ1) is 13.8. The van der Waals surface area contributed by atoms with Crippen LogP contribution in [0.5, 0.6) is 0 Å².